The lowest BCUT2D eigenvalue weighted by Crippen LogP contribution is -2.47. The average molecular weight is 311 g/mol. The Balaban J connectivity index is 2.02. The van der Waals surface area contributed by atoms with Gasteiger partial charge in [-0.05, 0) is 64.0 Å². The zero-order valence-electron chi connectivity index (χ0n) is 11.8. The van der Waals surface area contributed by atoms with Crippen LogP contribution >= 0.6 is 15.9 Å². The van der Waals surface area contributed by atoms with Gasteiger partial charge in [0.25, 0.3) is 0 Å². The molecule has 0 amide bonds. The maximum atomic E-state index is 3.72. The zero-order chi connectivity index (χ0) is 13.3. The molecule has 0 heterocycles. The van der Waals surface area contributed by atoms with Gasteiger partial charge in [0, 0.05) is 22.6 Å². The summed E-state index contributed by atoms with van der Waals surface area (Å²) in [5.41, 5.74) is 3.16. The van der Waals surface area contributed by atoms with Crippen LogP contribution in [0.15, 0.2) is 22.7 Å². The highest BCUT2D eigenvalue weighted by atomic mass is 79.9. The number of nitrogens with one attached hydrogen (secondary N) is 1. The van der Waals surface area contributed by atoms with E-state index in [2.05, 4.69) is 72.3 Å². The molecule has 0 aliphatic heterocycles. The third kappa shape index (κ3) is 2.95. The molecule has 0 spiro atoms. The van der Waals surface area contributed by atoms with Crippen LogP contribution in [0.5, 0.6) is 0 Å². The molecule has 0 saturated carbocycles. The first-order chi connectivity index (χ1) is 8.40. The molecule has 100 valence electrons. The normalized spacial score (nSPS) is 19.3. The van der Waals surface area contributed by atoms with Crippen LogP contribution in [0, 0.1) is 0 Å². The Morgan fingerprint density at radius 3 is 2.78 bits per heavy atom. The minimum atomic E-state index is 0.193. The second-order valence-electron chi connectivity index (χ2n) is 6.02. The van der Waals surface area contributed by atoms with E-state index in [9.17, 15) is 0 Å². The van der Waals surface area contributed by atoms with E-state index in [4.69, 9.17) is 0 Å². The molecule has 18 heavy (non-hydrogen) atoms. The van der Waals surface area contributed by atoms with Gasteiger partial charge in [-0.2, -0.15) is 0 Å². The summed E-state index contributed by atoms with van der Waals surface area (Å²) in [7, 11) is 4.28. The molecular formula is C15H23BrN2. The Morgan fingerprint density at radius 1 is 1.39 bits per heavy atom. The molecule has 1 N–H and O–H groups in total. The van der Waals surface area contributed by atoms with E-state index in [0.29, 0.717) is 6.04 Å². The van der Waals surface area contributed by atoms with Crippen LogP contribution in [-0.4, -0.2) is 31.1 Å². The van der Waals surface area contributed by atoms with Crippen molar-refractivity contribution in [1.82, 2.24) is 10.2 Å². The first-order valence-corrected chi connectivity index (χ1v) is 7.38. The highest BCUT2D eigenvalue weighted by molar-refractivity contribution is 9.10. The van der Waals surface area contributed by atoms with Crippen molar-refractivity contribution in [1.29, 1.82) is 0 Å². The third-order valence-corrected chi connectivity index (χ3v) is 4.67. The fourth-order valence-electron chi connectivity index (χ4n) is 2.33. The van der Waals surface area contributed by atoms with Crippen molar-refractivity contribution in [3.05, 3.63) is 33.8 Å². The molecule has 2 rings (SSSR count). The van der Waals surface area contributed by atoms with Gasteiger partial charge in [0.1, 0.15) is 0 Å². The molecule has 1 aromatic carbocycles. The molecular weight excluding hydrogens is 288 g/mol. The van der Waals surface area contributed by atoms with Crippen LogP contribution < -0.4 is 5.32 Å². The average Bonchev–Trinajstić information content (AvgIpc) is 2.68. The van der Waals surface area contributed by atoms with E-state index >= 15 is 0 Å². The summed E-state index contributed by atoms with van der Waals surface area (Å²) in [6.45, 7) is 5.56. The van der Waals surface area contributed by atoms with Crippen LogP contribution in [0.4, 0.5) is 0 Å². The predicted octanol–water partition coefficient (Wildman–Crippen LogP) is 3.37. The van der Waals surface area contributed by atoms with Gasteiger partial charge in [-0.15, -0.1) is 0 Å². The molecule has 1 atom stereocenters. The molecule has 1 aliphatic carbocycles. The summed E-state index contributed by atoms with van der Waals surface area (Å²) in [6.07, 6.45) is 2.41. The molecule has 0 radical (unpaired) electrons. The van der Waals surface area contributed by atoms with Crippen molar-refractivity contribution in [3.63, 3.8) is 0 Å². The molecule has 0 bridgehead atoms. The first kappa shape index (κ1) is 14.0. The highest BCUT2D eigenvalue weighted by Crippen LogP contribution is 2.33. The second-order valence-corrected chi connectivity index (χ2v) is 6.94. The van der Waals surface area contributed by atoms with Crippen molar-refractivity contribution >= 4 is 15.9 Å². The van der Waals surface area contributed by atoms with E-state index in [-0.39, 0.29) is 5.54 Å². The zero-order valence-corrected chi connectivity index (χ0v) is 13.3. The molecule has 1 aromatic rings. The van der Waals surface area contributed by atoms with Crippen LogP contribution in [0.3, 0.4) is 0 Å². The summed E-state index contributed by atoms with van der Waals surface area (Å²) >= 11 is 3.55. The van der Waals surface area contributed by atoms with Crippen molar-refractivity contribution in [2.24, 2.45) is 0 Å². The Hall–Kier alpha value is -0.380. The molecule has 2 nitrogen and oxygen atoms in total. The van der Waals surface area contributed by atoms with Crippen molar-refractivity contribution in [2.45, 2.75) is 38.3 Å². The minimum Gasteiger partial charge on any atom is -0.308 e. The molecule has 1 unspecified atom stereocenters. The van der Waals surface area contributed by atoms with Gasteiger partial charge in [0.15, 0.2) is 0 Å². The van der Waals surface area contributed by atoms with Crippen LogP contribution in [0.2, 0.25) is 0 Å². The summed E-state index contributed by atoms with van der Waals surface area (Å²) < 4.78 is 1.19. The number of aryl methyl sites for hydroxylation is 1. The fourth-order valence-corrected chi connectivity index (χ4v) is 2.74. The van der Waals surface area contributed by atoms with Gasteiger partial charge in [-0.3, -0.25) is 0 Å². The monoisotopic (exact) mass is 310 g/mol. The lowest BCUT2D eigenvalue weighted by Gasteiger charge is -2.34. The van der Waals surface area contributed by atoms with E-state index < -0.39 is 0 Å². The molecule has 0 fully saturated rings. The van der Waals surface area contributed by atoms with Crippen molar-refractivity contribution in [2.75, 3.05) is 20.6 Å². The number of rotatable bonds is 4. The quantitative estimate of drug-likeness (QED) is 0.917. The number of likely N-dealkylation sites (N-methyl/N-ethyl adjacent to an activating group) is 1. The summed E-state index contributed by atoms with van der Waals surface area (Å²) in [4.78, 5) is 2.28. The van der Waals surface area contributed by atoms with Crippen molar-refractivity contribution < 1.29 is 0 Å². The van der Waals surface area contributed by atoms with Crippen molar-refractivity contribution in [3.8, 4) is 0 Å². The van der Waals surface area contributed by atoms with E-state index in [1.165, 1.54) is 28.4 Å². The number of hydrogen-bond acceptors (Lipinski definition) is 2. The van der Waals surface area contributed by atoms with Crippen LogP contribution in [-0.2, 0) is 6.42 Å². The second kappa shape index (κ2) is 5.32. The maximum absolute atomic E-state index is 3.72. The number of nitrogens with zero attached hydrogens (tertiary/aromatic N) is 1. The van der Waals surface area contributed by atoms with Crippen LogP contribution in [0.1, 0.15) is 37.4 Å². The largest absolute Gasteiger partial charge is 0.308 e. The van der Waals surface area contributed by atoms with Gasteiger partial charge in [-0.25, -0.2) is 0 Å². The SMILES string of the molecule is CN(C)C(C)(C)CNC1CCc2cc(Br)ccc21. The molecule has 0 aromatic heterocycles. The summed E-state index contributed by atoms with van der Waals surface area (Å²) in [5, 5.41) is 3.72. The Morgan fingerprint density at radius 2 is 2.11 bits per heavy atom. The number of benzene rings is 1. The predicted molar refractivity (Wildman–Crippen MR) is 81.0 cm³/mol. The number of hydrogen-bond donors (Lipinski definition) is 1. The van der Waals surface area contributed by atoms with Gasteiger partial charge >= 0.3 is 0 Å². The number of fused-ring (bicyclic) bond motifs is 1. The highest BCUT2D eigenvalue weighted by Gasteiger charge is 2.26. The van der Waals surface area contributed by atoms with Gasteiger partial charge in [-0.1, -0.05) is 22.0 Å². The lowest BCUT2D eigenvalue weighted by atomic mass is 10.0. The number of halogens is 1. The van der Waals surface area contributed by atoms with E-state index in [1.807, 2.05) is 0 Å². The molecule has 0 saturated heterocycles. The Bertz CT molecular complexity index is 427. The third-order valence-electron chi connectivity index (χ3n) is 4.17. The van der Waals surface area contributed by atoms with E-state index in [0.717, 1.165) is 6.54 Å². The first-order valence-electron chi connectivity index (χ1n) is 6.59. The van der Waals surface area contributed by atoms with E-state index in [1.54, 1.807) is 0 Å². The van der Waals surface area contributed by atoms with Gasteiger partial charge in [0.05, 0.1) is 0 Å². The molecule has 3 heteroatoms. The smallest absolute Gasteiger partial charge is 0.0326 e. The minimum absolute atomic E-state index is 0.193. The Labute approximate surface area is 119 Å². The summed E-state index contributed by atoms with van der Waals surface area (Å²) in [5.74, 6) is 0. The fraction of sp³-hybridized carbons (Fsp3) is 0.600. The van der Waals surface area contributed by atoms with Crippen LogP contribution in [0.25, 0.3) is 0 Å². The van der Waals surface area contributed by atoms with Gasteiger partial charge in [0.2, 0.25) is 0 Å². The lowest BCUT2D eigenvalue weighted by molar-refractivity contribution is 0.184. The standard InChI is InChI=1S/C15H23BrN2/c1-15(2,18(3)4)10-17-14-8-5-11-9-12(16)6-7-13(11)14/h6-7,9,14,17H,5,8,10H2,1-4H3. The Kier molecular flexibility index (Phi) is 4.15. The summed E-state index contributed by atoms with van der Waals surface area (Å²) in [6, 6.07) is 7.18. The maximum Gasteiger partial charge on any atom is 0.0326 e. The molecule has 1 aliphatic rings. The van der Waals surface area contributed by atoms with Gasteiger partial charge < -0.3 is 10.2 Å². The topological polar surface area (TPSA) is 15.3 Å².